The van der Waals surface area contributed by atoms with Gasteiger partial charge in [-0.05, 0) is 37.8 Å². The molecular formula is C19H25N3O3. The summed E-state index contributed by atoms with van der Waals surface area (Å²) in [6.07, 6.45) is 5.32. The summed E-state index contributed by atoms with van der Waals surface area (Å²) in [5, 5.41) is 4.03. The highest BCUT2D eigenvalue weighted by Gasteiger charge is 2.25. The first-order valence-electron chi connectivity index (χ1n) is 8.98. The maximum atomic E-state index is 12.5. The van der Waals surface area contributed by atoms with Crippen molar-refractivity contribution in [3.63, 3.8) is 0 Å². The first-order chi connectivity index (χ1) is 12.2. The van der Waals surface area contributed by atoms with E-state index in [0.29, 0.717) is 36.3 Å². The lowest BCUT2D eigenvalue weighted by Crippen LogP contribution is -2.43. The van der Waals surface area contributed by atoms with Gasteiger partial charge in [-0.1, -0.05) is 24.2 Å². The van der Waals surface area contributed by atoms with Gasteiger partial charge in [-0.3, -0.25) is 4.79 Å². The van der Waals surface area contributed by atoms with Crippen molar-refractivity contribution in [3.05, 3.63) is 30.2 Å². The van der Waals surface area contributed by atoms with Crippen molar-refractivity contribution < 1.29 is 14.1 Å². The van der Waals surface area contributed by atoms with Crippen molar-refractivity contribution in [2.75, 3.05) is 13.7 Å². The van der Waals surface area contributed by atoms with Crippen molar-refractivity contribution >= 4 is 5.91 Å². The monoisotopic (exact) mass is 343 g/mol. The van der Waals surface area contributed by atoms with Crippen molar-refractivity contribution in [2.45, 2.75) is 51.5 Å². The fraction of sp³-hybridized carbons (Fsp3) is 0.526. The van der Waals surface area contributed by atoms with Gasteiger partial charge in [0.2, 0.25) is 17.6 Å². The number of carbonyl (C=O) groups excluding carboxylic acids is 1. The van der Waals surface area contributed by atoms with E-state index >= 15 is 0 Å². The number of ether oxygens (including phenoxy) is 1. The number of benzene rings is 1. The zero-order valence-corrected chi connectivity index (χ0v) is 14.9. The van der Waals surface area contributed by atoms with Gasteiger partial charge in [-0.2, -0.15) is 4.98 Å². The average Bonchev–Trinajstić information content (AvgIpc) is 3.14. The van der Waals surface area contributed by atoms with E-state index in [2.05, 4.69) is 17.1 Å². The molecule has 1 aliphatic heterocycles. The minimum absolute atomic E-state index is 0.184. The van der Waals surface area contributed by atoms with Crippen LogP contribution in [0.5, 0.6) is 5.75 Å². The SMILES string of the molecule is CC[C@H]1CCCCN1C(=O)CCc1nc(-c2ccccc2OC)no1. The van der Waals surface area contributed by atoms with Crippen molar-refractivity contribution in [2.24, 2.45) is 0 Å². The number of hydrogen-bond donors (Lipinski definition) is 0. The Kier molecular flexibility index (Phi) is 5.68. The van der Waals surface area contributed by atoms with E-state index in [9.17, 15) is 4.79 Å². The van der Waals surface area contributed by atoms with Crippen molar-refractivity contribution in [3.8, 4) is 17.1 Å². The molecule has 0 unspecified atom stereocenters. The Bertz CT molecular complexity index is 713. The summed E-state index contributed by atoms with van der Waals surface area (Å²) >= 11 is 0. The number of methoxy groups -OCH3 is 1. The number of rotatable bonds is 6. The number of likely N-dealkylation sites (tertiary alicyclic amines) is 1. The third-order valence-electron chi connectivity index (χ3n) is 4.79. The molecule has 1 fully saturated rings. The van der Waals surface area contributed by atoms with E-state index in [1.54, 1.807) is 7.11 Å². The van der Waals surface area contributed by atoms with Crippen LogP contribution < -0.4 is 4.74 Å². The van der Waals surface area contributed by atoms with Crippen LogP contribution in [0.2, 0.25) is 0 Å². The maximum Gasteiger partial charge on any atom is 0.227 e. The molecule has 1 aromatic carbocycles. The smallest absolute Gasteiger partial charge is 0.227 e. The first kappa shape index (κ1) is 17.5. The largest absolute Gasteiger partial charge is 0.496 e. The average molecular weight is 343 g/mol. The number of aromatic nitrogens is 2. The van der Waals surface area contributed by atoms with E-state index in [1.165, 1.54) is 6.42 Å². The Hall–Kier alpha value is -2.37. The van der Waals surface area contributed by atoms with Crippen LogP contribution in [0, 0.1) is 0 Å². The Morgan fingerprint density at radius 2 is 2.20 bits per heavy atom. The molecular weight excluding hydrogens is 318 g/mol. The van der Waals surface area contributed by atoms with Gasteiger partial charge >= 0.3 is 0 Å². The maximum absolute atomic E-state index is 12.5. The van der Waals surface area contributed by atoms with Gasteiger partial charge in [0.25, 0.3) is 0 Å². The molecule has 0 radical (unpaired) electrons. The van der Waals surface area contributed by atoms with Gasteiger partial charge in [0.15, 0.2) is 0 Å². The number of hydrogen-bond acceptors (Lipinski definition) is 5. The lowest BCUT2D eigenvalue weighted by Gasteiger charge is -2.35. The predicted octanol–water partition coefficient (Wildman–Crippen LogP) is 3.47. The van der Waals surface area contributed by atoms with Crippen LogP contribution in [0.3, 0.4) is 0 Å². The van der Waals surface area contributed by atoms with Gasteiger partial charge in [-0.25, -0.2) is 0 Å². The van der Waals surface area contributed by atoms with Crippen molar-refractivity contribution in [1.82, 2.24) is 15.0 Å². The van der Waals surface area contributed by atoms with Gasteiger partial charge in [0, 0.05) is 25.4 Å². The van der Waals surface area contributed by atoms with Crippen LogP contribution in [0.4, 0.5) is 0 Å². The second-order valence-corrected chi connectivity index (χ2v) is 6.36. The Labute approximate surface area is 148 Å². The second kappa shape index (κ2) is 8.14. The lowest BCUT2D eigenvalue weighted by atomic mass is 9.99. The van der Waals surface area contributed by atoms with Crippen LogP contribution in [0.1, 0.15) is 44.9 Å². The quantitative estimate of drug-likeness (QED) is 0.803. The molecule has 1 aliphatic rings. The first-order valence-corrected chi connectivity index (χ1v) is 8.98. The molecule has 1 atom stereocenters. The minimum atomic E-state index is 0.184. The van der Waals surface area contributed by atoms with E-state index in [1.807, 2.05) is 29.2 Å². The lowest BCUT2D eigenvalue weighted by molar-refractivity contribution is -0.135. The van der Waals surface area contributed by atoms with Gasteiger partial charge in [0.05, 0.1) is 12.7 Å². The predicted molar refractivity (Wildman–Crippen MR) is 94.3 cm³/mol. The molecule has 1 amide bonds. The number of piperidine rings is 1. The fourth-order valence-electron chi connectivity index (χ4n) is 3.41. The highest BCUT2D eigenvalue weighted by atomic mass is 16.5. The van der Waals surface area contributed by atoms with E-state index in [-0.39, 0.29) is 5.91 Å². The molecule has 25 heavy (non-hydrogen) atoms. The number of aryl methyl sites for hydroxylation is 1. The third kappa shape index (κ3) is 4.00. The Morgan fingerprint density at radius 1 is 1.36 bits per heavy atom. The van der Waals surface area contributed by atoms with Crippen molar-refractivity contribution in [1.29, 1.82) is 0 Å². The van der Waals surface area contributed by atoms with Crippen LogP contribution in [0.25, 0.3) is 11.4 Å². The van der Waals surface area contributed by atoms with Crippen LogP contribution >= 0.6 is 0 Å². The Morgan fingerprint density at radius 3 is 3.00 bits per heavy atom. The van der Waals surface area contributed by atoms with Gasteiger partial charge in [0.1, 0.15) is 5.75 Å². The third-order valence-corrected chi connectivity index (χ3v) is 4.79. The highest BCUT2D eigenvalue weighted by Crippen LogP contribution is 2.27. The molecule has 1 saturated heterocycles. The molecule has 3 rings (SSSR count). The normalized spacial score (nSPS) is 17.5. The molecule has 2 aromatic rings. The molecule has 0 spiro atoms. The molecule has 0 N–H and O–H groups in total. The number of para-hydroxylation sites is 1. The topological polar surface area (TPSA) is 68.5 Å². The van der Waals surface area contributed by atoms with Crippen LogP contribution in [0.15, 0.2) is 28.8 Å². The summed E-state index contributed by atoms with van der Waals surface area (Å²) in [5.74, 6) is 1.86. The van der Waals surface area contributed by atoms with Crippen LogP contribution in [-0.4, -0.2) is 40.6 Å². The van der Waals surface area contributed by atoms with Crippen LogP contribution in [-0.2, 0) is 11.2 Å². The fourth-order valence-corrected chi connectivity index (χ4v) is 3.41. The summed E-state index contributed by atoms with van der Waals surface area (Å²) in [6.45, 7) is 3.02. The van der Waals surface area contributed by atoms with Gasteiger partial charge < -0.3 is 14.2 Å². The molecule has 6 nitrogen and oxygen atoms in total. The molecule has 0 saturated carbocycles. The summed E-state index contributed by atoms with van der Waals surface area (Å²) in [4.78, 5) is 19.0. The number of carbonyl (C=O) groups is 1. The van der Waals surface area contributed by atoms with Gasteiger partial charge in [-0.15, -0.1) is 0 Å². The number of amides is 1. The standard InChI is InChI=1S/C19H25N3O3/c1-3-14-8-6-7-13-22(14)18(23)12-11-17-20-19(21-25-17)15-9-4-5-10-16(15)24-2/h4-5,9-10,14H,3,6-8,11-13H2,1-2H3/t14-/m0/s1. The summed E-state index contributed by atoms with van der Waals surface area (Å²) in [6, 6.07) is 7.92. The highest BCUT2D eigenvalue weighted by molar-refractivity contribution is 5.76. The zero-order chi connectivity index (χ0) is 17.6. The molecule has 2 heterocycles. The minimum Gasteiger partial charge on any atom is -0.496 e. The molecule has 0 aliphatic carbocycles. The van der Waals surface area contributed by atoms with E-state index < -0.39 is 0 Å². The summed E-state index contributed by atoms with van der Waals surface area (Å²) in [5.41, 5.74) is 0.786. The van der Waals surface area contributed by atoms with E-state index in [0.717, 1.165) is 31.4 Å². The summed E-state index contributed by atoms with van der Waals surface area (Å²) < 4.78 is 10.7. The molecule has 1 aromatic heterocycles. The molecule has 134 valence electrons. The van der Waals surface area contributed by atoms with E-state index in [4.69, 9.17) is 9.26 Å². The molecule has 0 bridgehead atoms. The zero-order valence-electron chi connectivity index (χ0n) is 14.9. The molecule has 6 heteroatoms. The number of nitrogens with zero attached hydrogens (tertiary/aromatic N) is 3. The summed E-state index contributed by atoms with van der Waals surface area (Å²) in [7, 11) is 1.61. The second-order valence-electron chi connectivity index (χ2n) is 6.36. The Balaban J connectivity index is 1.63.